The number of aromatic nitrogens is 2. The van der Waals surface area contributed by atoms with Crippen LogP contribution in [0.1, 0.15) is 29.8 Å². The molecule has 2 N–H and O–H groups in total. The Kier molecular flexibility index (Phi) is 6.27. The molecule has 0 aliphatic heterocycles. The van der Waals surface area contributed by atoms with E-state index in [9.17, 15) is 14.4 Å². The molecular formula is C16H17Cl2N3O4. The molecular weight excluding hydrogens is 369 g/mol. The number of H-pyrrole nitrogens is 1. The molecule has 1 heterocycles. The highest BCUT2D eigenvalue weighted by Crippen LogP contribution is 2.36. The molecule has 0 atom stereocenters. The van der Waals surface area contributed by atoms with Gasteiger partial charge in [-0.25, -0.2) is 0 Å². The number of amides is 1. The maximum atomic E-state index is 12.6. The number of hydrogen-bond donors (Lipinski definition) is 2. The van der Waals surface area contributed by atoms with Gasteiger partial charge < -0.3 is 15.2 Å². The Morgan fingerprint density at radius 3 is 2.60 bits per heavy atom. The molecule has 0 aliphatic carbocycles. The number of ketones is 1. The first-order valence-corrected chi connectivity index (χ1v) is 8.30. The molecule has 0 saturated heterocycles. The van der Waals surface area contributed by atoms with E-state index in [4.69, 9.17) is 27.9 Å². The van der Waals surface area contributed by atoms with Crippen molar-refractivity contribution >= 4 is 34.9 Å². The lowest BCUT2D eigenvalue weighted by Gasteiger charge is -2.12. The van der Waals surface area contributed by atoms with Crippen molar-refractivity contribution in [3.05, 3.63) is 49.9 Å². The van der Waals surface area contributed by atoms with Crippen LogP contribution in [0.5, 0.6) is 5.75 Å². The SMILES string of the molecule is CCn1[nH]cc(C(=O)c2ccc(Cl)c(OCCNC(C)=O)c2Cl)c1=O. The van der Waals surface area contributed by atoms with E-state index in [1.54, 1.807) is 6.92 Å². The smallest absolute Gasteiger partial charge is 0.277 e. The molecule has 1 aromatic carbocycles. The Bertz CT molecular complexity index is 858. The van der Waals surface area contributed by atoms with Crippen molar-refractivity contribution in [2.24, 2.45) is 0 Å². The summed E-state index contributed by atoms with van der Waals surface area (Å²) in [5.74, 6) is -0.586. The van der Waals surface area contributed by atoms with E-state index in [1.807, 2.05) is 0 Å². The molecule has 0 unspecified atom stereocenters. The number of nitrogens with zero attached hydrogens (tertiary/aromatic N) is 1. The average molecular weight is 386 g/mol. The van der Waals surface area contributed by atoms with Crippen LogP contribution in [0.4, 0.5) is 0 Å². The summed E-state index contributed by atoms with van der Waals surface area (Å²) in [7, 11) is 0. The van der Waals surface area contributed by atoms with E-state index >= 15 is 0 Å². The van der Waals surface area contributed by atoms with E-state index in [-0.39, 0.29) is 46.0 Å². The summed E-state index contributed by atoms with van der Waals surface area (Å²) in [4.78, 5) is 35.6. The number of hydrogen-bond acceptors (Lipinski definition) is 4. The van der Waals surface area contributed by atoms with Gasteiger partial charge in [-0.3, -0.25) is 19.1 Å². The van der Waals surface area contributed by atoms with Crippen LogP contribution in [0.3, 0.4) is 0 Å². The predicted octanol–water partition coefficient (Wildman–Crippen LogP) is 2.25. The molecule has 134 valence electrons. The van der Waals surface area contributed by atoms with Gasteiger partial charge in [0.05, 0.1) is 16.6 Å². The Balaban J connectivity index is 2.28. The molecule has 25 heavy (non-hydrogen) atoms. The summed E-state index contributed by atoms with van der Waals surface area (Å²) >= 11 is 12.3. The third-order valence-electron chi connectivity index (χ3n) is 3.42. The summed E-state index contributed by atoms with van der Waals surface area (Å²) in [6, 6.07) is 2.91. The summed E-state index contributed by atoms with van der Waals surface area (Å²) in [6.07, 6.45) is 1.34. The van der Waals surface area contributed by atoms with Gasteiger partial charge >= 0.3 is 0 Å². The molecule has 1 aromatic heterocycles. The minimum Gasteiger partial charge on any atom is -0.489 e. The number of halogens is 2. The first-order chi connectivity index (χ1) is 11.9. The van der Waals surface area contributed by atoms with Gasteiger partial charge in [0, 0.05) is 25.2 Å². The van der Waals surface area contributed by atoms with Gasteiger partial charge in [-0.05, 0) is 19.1 Å². The van der Waals surface area contributed by atoms with Gasteiger partial charge in [0.15, 0.2) is 5.75 Å². The molecule has 0 spiro atoms. The number of nitrogens with one attached hydrogen (secondary N) is 2. The summed E-state index contributed by atoms with van der Waals surface area (Å²) in [6.45, 7) is 3.97. The Labute approximate surface area is 153 Å². The van der Waals surface area contributed by atoms with Crippen molar-refractivity contribution in [1.82, 2.24) is 15.1 Å². The molecule has 0 radical (unpaired) electrons. The third kappa shape index (κ3) is 4.24. The lowest BCUT2D eigenvalue weighted by Crippen LogP contribution is -2.25. The summed E-state index contributed by atoms with van der Waals surface area (Å²) < 4.78 is 6.79. The predicted molar refractivity (Wildman–Crippen MR) is 94.8 cm³/mol. The summed E-state index contributed by atoms with van der Waals surface area (Å²) in [5.41, 5.74) is -0.332. The van der Waals surface area contributed by atoms with E-state index in [0.29, 0.717) is 6.54 Å². The van der Waals surface area contributed by atoms with Crippen LogP contribution in [0.25, 0.3) is 0 Å². The summed E-state index contributed by atoms with van der Waals surface area (Å²) in [5, 5.41) is 5.53. The second-order valence-corrected chi connectivity index (χ2v) is 5.92. The van der Waals surface area contributed by atoms with Crippen LogP contribution in [0, 0.1) is 0 Å². The largest absolute Gasteiger partial charge is 0.489 e. The number of carbonyl (C=O) groups excluding carboxylic acids is 2. The highest BCUT2D eigenvalue weighted by molar-refractivity contribution is 6.39. The first kappa shape index (κ1) is 19.1. The van der Waals surface area contributed by atoms with Crippen molar-refractivity contribution in [3.8, 4) is 5.75 Å². The lowest BCUT2D eigenvalue weighted by molar-refractivity contribution is -0.119. The quantitative estimate of drug-likeness (QED) is 0.564. The molecule has 0 bridgehead atoms. The standard InChI is InChI=1S/C16H17Cl2N3O4/c1-3-21-16(24)11(8-20-21)14(23)10-4-5-12(17)15(13(10)18)25-7-6-19-9(2)22/h4-5,8,20H,3,6-7H2,1-2H3,(H,19,22). The fourth-order valence-electron chi connectivity index (χ4n) is 2.17. The van der Waals surface area contributed by atoms with Crippen LogP contribution in [-0.4, -0.2) is 34.6 Å². The number of rotatable bonds is 7. The minimum atomic E-state index is -0.526. The van der Waals surface area contributed by atoms with Crippen molar-refractivity contribution in [2.45, 2.75) is 20.4 Å². The monoisotopic (exact) mass is 385 g/mol. The van der Waals surface area contributed by atoms with Gasteiger partial charge in [-0.15, -0.1) is 0 Å². The Hall–Kier alpha value is -2.25. The fourth-order valence-corrected chi connectivity index (χ4v) is 2.74. The minimum absolute atomic E-state index is 0.0176. The molecule has 0 fully saturated rings. The van der Waals surface area contributed by atoms with Crippen LogP contribution in [0.2, 0.25) is 10.0 Å². The number of aromatic amines is 1. The van der Waals surface area contributed by atoms with Crippen molar-refractivity contribution in [3.63, 3.8) is 0 Å². The molecule has 0 saturated carbocycles. The highest BCUT2D eigenvalue weighted by Gasteiger charge is 2.22. The zero-order chi connectivity index (χ0) is 18.6. The van der Waals surface area contributed by atoms with Crippen LogP contribution >= 0.6 is 23.2 Å². The molecule has 1 amide bonds. The number of aryl methyl sites for hydroxylation is 1. The van der Waals surface area contributed by atoms with Crippen LogP contribution in [0.15, 0.2) is 23.1 Å². The topological polar surface area (TPSA) is 93.2 Å². The number of ether oxygens (including phenoxy) is 1. The lowest BCUT2D eigenvalue weighted by atomic mass is 10.1. The van der Waals surface area contributed by atoms with E-state index in [0.717, 1.165) is 0 Å². The number of benzene rings is 1. The van der Waals surface area contributed by atoms with Gasteiger partial charge in [-0.1, -0.05) is 23.2 Å². The van der Waals surface area contributed by atoms with Crippen molar-refractivity contribution in [2.75, 3.05) is 13.2 Å². The average Bonchev–Trinajstić information content (AvgIpc) is 2.94. The van der Waals surface area contributed by atoms with E-state index < -0.39 is 11.3 Å². The normalized spacial score (nSPS) is 10.6. The second kappa shape index (κ2) is 8.22. The molecule has 7 nitrogen and oxygen atoms in total. The van der Waals surface area contributed by atoms with Gasteiger partial charge in [-0.2, -0.15) is 0 Å². The third-order valence-corrected chi connectivity index (χ3v) is 4.09. The molecule has 0 aliphatic rings. The molecule has 2 rings (SSSR count). The van der Waals surface area contributed by atoms with Gasteiger partial charge in [0.1, 0.15) is 12.2 Å². The highest BCUT2D eigenvalue weighted by atomic mass is 35.5. The Morgan fingerprint density at radius 2 is 2.00 bits per heavy atom. The van der Waals surface area contributed by atoms with Crippen molar-refractivity contribution < 1.29 is 14.3 Å². The molecule has 9 heteroatoms. The van der Waals surface area contributed by atoms with E-state index in [2.05, 4.69) is 10.4 Å². The van der Waals surface area contributed by atoms with Crippen molar-refractivity contribution in [1.29, 1.82) is 0 Å². The van der Waals surface area contributed by atoms with Crippen LogP contribution in [-0.2, 0) is 11.3 Å². The maximum absolute atomic E-state index is 12.6. The Morgan fingerprint density at radius 1 is 1.28 bits per heavy atom. The maximum Gasteiger partial charge on any atom is 0.277 e. The fraction of sp³-hybridized carbons (Fsp3) is 0.312. The zero-order valence-electron chi connectivity index (χ0n) is 13.7. The van der Waals surface area contributed by atoms with Gasteiger partial charge in [0.2, 0.25) is 11.7 Å². The first-order valence-electron chi connectivity index (χ1n) is 7.55. The second-order valence-electron chi connectivity index (χ2n) is 5.14. The zero-order valence-corrected chi connectivity index (χ0v) is 15.2. The molecule has 2 aromatic rings. The van der Waals surface area contributed by atoms with E-state index in [1.165, 1.54) is 29.9 Å². The number of carbonyl (C=O) groups is 2. The van der Waals surface area contributed by atoms with Gasteiger partial charge in [0.25, 0.3) is 5.56 Å². The van der Waals surface area contributed by atoms with Crippen LogP contribution < -0.4 is 15.6 Å².